The fourth-order valence-electron chi connectivity index (χ4n) is 5.54. The van der Waals surface area contributed by atoms with Crippen LogP contribution in [0.4, 0.5) is 0 Å². The lowest BCUT2D eigenvalue weighted by atomic mass is 9.77. The van der Waals surface area contributed by atoms with Crippen LogP contribution in [0.25, 0.3) is 10.6 Å². The number of halogens is 3. The molecular formula is C27H26Br2ClN3O3S2. The number of pyridine rings is 1. The van der Waals surface area contributed by atoms with Gasteiger partial charge in [-0.2, -0.15) is 4.31 Å². The highest BCUT2D eigenvalue weighted by Crippen LogP contribution is 2.46. The van der Waals surface area contributed by atoms with Crippen LogP contribution in [0.1, 0.15) is 48.6 Å². The molecule has 0 unspecified atom stereocenters. The molecule has 0 radical (unpaired) electrons. The standard InChI is InChI=1S/C26H22Br2ClN3O3S2.CH4/c27-18-11-17-2-1-16-12-19(29)13-20(28)24(16)25(26(17)30-14-18)15-5-8-32(9-6-15)37(33,34)23-4-3-22(36-23)21-7-10-35-31-21;/h3-4,7,10-15,25H,1-2,5-6,8-9H2;1H4/t25-;/m1./s1. The number of nitrogens with zero attached hydrogens (tertiary/aromatic N) is 3. The normalized spacial score (nSPS) is 18.3. The number of thiophene rings is 1. The van der Waals surface area contributed by atoms with Crippen LogP contribution in [0, 0.1) is 5.92 Å². The highest BCUT2D eigenvalue weighted by atomic mass is 79.9. The zero-order valence-corrected chi connectivity index (χ0v) is 25.1. The lowest BCUT2D eigenvalue weighted by molar-refractivity contribution is 0.255. The molecule has 11 heteroatoms. The Kier molecular flexibility index (Phi) is 8.20. The van der Waals surface area contributed by atoms with Gasteiger partial charge in [0, 0.05) is 45.2 Å². The summed E-state index contributed by atoms with van der Waals surface area (Å²) in [6.45, 7) is 0.931. The summed E-state index contributed by atoms with van der Waals surface area (Å²) < 4.78 is 35.8. The smallest absolute Gasteiger partial charge is 0.252 e. The Bertz CT molecular complexity index is 1570. The molecule has 0 N–H and O–H groups in total. The van der Waals surface area contributed by atoms with E-state index in [1.54, 1.807) is 22.5 Å². The minimum absolute atomic E-state index is 0. The molecule has 3 aromatic heterocycles. The Labute approximate surface area is 248 Å². The number of fused-ring (bicyclic) bond motifs is 2. The molecule has 1 aliphatic heterocycles. The van der Waals surface area contributed by atoms with Gasteiger partial charge in [-0.1, -0.05) is 40.1 Å². The summed E-state index contributed by atoms with van der Waals surface area (Å²) in [4.78, 5) is 5.67. The van der Waals surface area contributed by atoms with E-state index in [1.165, 1.54) is 34.3 Å². The second-order valence-corrected chi connectivity index (χ2v) is 14.8. The molecule has 1 aliphatic carbocycles. The van der Waals surface area contributed by atoms with Gasteiger partial charge in [0.25, 0.3) is 10.0 Å². The van der Waals surface area contributed by atoms with Gasteiger partial charge in [0.15, 0.2) is 0 Å². The van der Waals surface area contributed by atoms with E-state index in [4.69, 9.17) is 21.1 Å². The van der Waals surface area contributed by atoms with Crippen molar-refractivity contribution in [2.24, 2.45) is 5.92 Å². The van der Waals surface area contributed by atoms with Gasteiger partial charge >= 0.3 is 0 Å². The first kappa shape index (κ1) is 28.0. The van der Waals surface area contributed by atoms with Gasteiger partial charge < -0.3 is 4.52 Å². The van der Waals surface area contributed by atoms with Crippen molar-refractivity contribution in [3.63, 3.8) is 0 Å². The molecule has 200 valence electrons. The molecule has 0 saturated carbocycles. The van der Waals surface area contributed by atoms with Crippen LogP contribution >= 0.6 is 54.8 Å². The Morgan fingerprint density at radius 1 is 1.05 bits per heavy atom. The number of aryl methyl sites for hydroxylation is 2. The molecule has 2 aliphatic rings. The van der Waals surface area contributed by atoms with Crippen molar-refractivity contribution < 1.29 is 12.9 Å². The highest BCUT2D eigenvalue weighted by molar-refractivity contribution is 9.10. The lowest BCUT2D eigenvalue weighted by Gasteiger charge is -2.36. The van der Waals surface area contributed by atoms with Crippen LogP contribution < -0.4 is 0 Å². The fourth-order valence-corrected chi connectivity index (χ4v) is 9.93. The number of benzene rings is 1. The van der Waals surface area contributed by atoms with E-state index >= 15 is 0 Å². The number of aromatic nitrogens is 2. The SMILES string of the molecule is C.O=S(=O)(c1ccc(-c2ccon2)s1)N1CCC([C@H]2c3ncc(Br)cc3CCc3cc(Cl)cc(Br)c32)CC1. The van der Waals surface area contributed by atoms with Gasteiger partial charge in [0.2, 0.25) is 0 Å². The van der Waals surface area contributed by atoms with E-state index < -0.39 is 10.0 Å². The van der Waals surface area contributed by atoms with Gasteiger partial charge in [-0.15, -0.1) is 11.3 Å². The first-order chi connectivity index (χ1) is 17.8. The van der Waals surface area contributed by atoms with Crippen LogP contribution in [0.5, 0.6) is 0 Å². The molecular weight excluding hydrogens is 674 g/mol. The molecule has 0 bridgehead atoms. The minimum Gasteiger partial charge on any atom is -0.364 e. The third-order valence-electron chi connectivity index (χ3n) is 7.25. The van der Waals surface area contributed by atoms with E-state index in [0.717, 1.165) is 45.2 Å². The zero-order chi connectivity index (χ0) is 25.7. The summed E-state index contributed by atoms with van der Waals surface area (Å²) in [6.07, 6.45) is 6.61. The van der Waals surface area contributed by atoms with E-state index in [-0.39, 0.29) is 19.3 Å². The minimum atomic E-state index is -3.59. The molecule has 4 aromatic rings. The van der Waals surface area contributed by atoms with Crippen LogP contribution in [0.3, 0.4) is 0 Å². The van der Waals surface area contributed by atoms with E-state index in [1.807, 2.05) is 12.3 Å². The van der Waals surface area contributed by atoms with Crippen molar-refractivity contribution in [2.75, 3.05) is 13.1 Å². The second kappa shape index (κ2) is 11.1. The quantitative estimate of drug-likeness (QED) is 0.216. The predicted molar refractivity (Wildman–Crippen MR) is 158 cm³/mol. The molecule has 38 heavy (non-hydrogen) atoms. The molecule has 0 spiro atoms. The summed E-state index contributed by atoms with van der Waals surface area (Å²) >= 11 is 15.0. The van der Waals surface area contributed by atoms with Gasteiger partial charge in [-0.05, 0) is 94.6 Å². The van der Waals surface area contributed by atoms with Crippen LogP contribution in [-0.4, -0.2) is 36.0 Å². The van der Waals surface area contributed by atoms with Crippen molar-refractivity contribution in [1.82, 2.24) is 14.4 Å². The summed E-state index contributed by atoms with van der Waals surface area (Å²) in [5.41, 5.74) is 5.41. The molecule has 1 saturated heterocycles. The number of hydrogen-bond acceptors (Lipinski definition) is 6. The number of sulfonamides is 1. The van der Waals surface area contributed by atoms with E-state index in [9.17, 15) is 8.42 Å². The molecule has 1 fully saturated rings. The van der Waals surface area contributed by atoms with Crippen LogP contribution in [0.15, 0.2) is 66.5 Å². The number of rotatable bonds is 4. The topological polar surface area (TPSA) is 76.3 Å². The highest BCUT2D eigenvalue weighted by Gasteiger charge is 2.38. The maximum atomic E-state index is 13.5. The molecule has 6 rings (SSSR count). The first-order valence-corrected chi connectivity index (χ1v) is 16.2. The molecule has 6 nitrogen and oxygen atoms in total. The number of hydrogen-bond donors (Lipinski definition) is 0. The van der Waals surface area contributed by atoms with E-state index in [0.29, 0.717) is 28.0 Å². The van der Waals surface area contributed by atoms with Gasteiger partial charge in [-0.25, -0.2) is 8.42 Å². The zero-order valence-electron chi connectivity index (χ0n) is 19.5. The lowest BCUT2D eigenvalue weighted by Crippen LogP contribution is -2.39. The van der Waals surface area contributed by atoms with Crippen molar-refractivity contribution in [3.05, 3.63) is 85.2 Å². The van der Waals surface area contributed by atoms with Crippen molar-refractivity contribution in [1.29, 1.82) is 0 Å². The summed E-state index contributed by atoms with van der Waals surface area (Å²) in [5.74, 6) is 0.319. The van der Waals surface area contributed by atoms with E-state index in [2.05, 4.69) is 49.1 Å². The van der Waals surface area contributed by atoms with Crippen molar-refractivity contribution >= 4 is 64.8 Å². The second-order valence-electron chi connectivity index (χ2n) is 9.38. The average molecular weight is 700 g/mol. The monoisotopic (exact) mass is 697 g/mol. The van der Waals surface area contributed by atoms with Gasteiger partial charge in [-0.3, -0.25) is 4.98 Å². The number of piperidine rings is 1. The average Bonchev–Trinajstić information content (AvgIpc) is 3.55. The Hall–Kier alpha value is -1.56. The Morgan fingerprint density at radius 3 is 2.55 bits per heavy atom. The Balaban J connectivity index is 0.00000294. The summed E-state index contributed by atoms with van der Waals surface area (Å²) in [5, 5.41) is 4.64. The third-order valence-corrected chi connectivity index (χ3v) is 12.0. The fraction of sp³-hybridized carbons (Fsp3) is 0.333. The molecule has 1 atom stereocenters. The largest absolute Gasteiger partial charge is 0.364 e. The molecule has 0 amide bonds. The predicted octanol–water partition coefficient (Wildman–Crippen LogP) is 7.94. The van der Waals surface area contributed by atoms with Gasteiger partial charge in [0.05, 0.1) is 10.6 Å². The summed E-state index contributed by atoms with van der Waals surface area (Å²) in [6, 6.07) is 11.4. The first-order valence-electron chi connectivity index (χ1n) is 11.9. The van der Waals surface area contributed by atoms with Gasteiger partial charge in [0.1, 0.15) is 16.2 Å². The van der Waals surface area contributed by atoms with Crippen LogP contribution in [0.2, 0.25) is 5.02 Å². The Morgan fingerprint density at radius 2 is 1.82 bits per heavy atom. The van der Waals surface area contributed by atoms with Crippen LogP contribution in [-0.2, 0) is 22.9 Å². The molecule has 4 heterocycles. The van der Waals surface area contributed by atoms with Crippen molar-refractivity contribution in [2.45, 2.75) is 43.2 Å². The maximum absolute atomic E-state index is 13.5. The maximum Gasteiger partial charge on any atom is 0.252 e. The summed E-state index contributed by atoms with van der Waals surface area (Å²) in [7, 11) is -3.59. The molecule has 1 aromatic carbocycles. The van der Waals surface area contributed by atoms with Crippen molar-refractivity contribution in [3.8, 4) is 10.6 Å². The third kappa shape index (κ3) is 5.15.